The molecule has 0 unspecified atom stereocenters. The zero-order valence-electron chi connectivity index (χ0n) is 11.0. The highest BCUT2D eigenvalue weighted by atomic mass is 32.1. The van der Waals surface area contributed by atoms with Crippen molar-refractivity contribution in [1.29, 1.82) is 0 Å². The van der Waals surface area contributed by atoms with Gasteiger partial charge in [0.15, 0.2) is 5.82 Å². The van der Waals surface area contributed by atoms with Gasteiger partial charge in [-0.2, -0.15) is 4.37 Å². The number of rotatable bonds is 5. The fourth-order valence-corrected chi connectivity index (χ4v) is 3.22. The Hall–Kier alpha value is -1.67. The zero-order chi connectivity index (χ0) is 14.1. The van der Waals surface area contributed by atoms with Crippen LogP contribution in [0.15, 0.2) is 6.20 Å². The first kappa shape index (κ1) is 13.3. The van der Waals surface area contributed by atoms with Crippen molar-refractivity contribution in [2.24, 2.45) is 0 Å². The summed E-state index contributed by atoms with van der Waals surface area (Å²) in [6.45, 7) is 2.59. The average molecular weight is 309 g/mol. The number of carbonyl (C=O) groups is 1. The van der Waals surface area contributed by atoms with Gasteiger partial charge in [0.25, 0.3) is 5.91 Å². The van der Waals surface area contributed by atoms with Gasteiger partial charge in [-0.1, -0.05) is 0 Å². The highest BCUT2D eigenvalue weighted by molar-refractivity contribution is 7.12. The van der Waals surface area contributed by atoms with Gasteiger partial charge in [0.2, 0.25) is 0 Å². The Kier molecular flexibility index (Phi) is 3.58. The Balaban J connectivity index is 1.70. The summed E-state index contributed by atoms with van der Waals surface area (Å²) in [4.78, 5) is 17.5. The molecule has 2 heterocycles. The van der Waals surface area contributed by atoms with Crippen molar-refractivity contribution in [3.05, 3.63) is 21.6 Å². The van der Waals surface area contributed by atoms with E-state index in [-0.39, 0.29) is 11.7 Å². The largest absolute Gasteiger partial charge is 0.382 e. The third kappa shape index (κ3) is 2.91. The minimum absolute atomic E-state index is 0.137. The van der Waals surface area contributed by atoms with Gasteiger partial charge in [-0.05, 0) is 31.3 Å². The number of carbonyl (C=O) groups excluding carboxylic acids is 1. The predicted octanol–water partition coefficient (Wildman–Crippen LogP) is 1.99. The van der Waals surface area contributed by atoms with Gasteiger partial charge in [0.1, 0.15) is 10.6 Å². The van der Waals surface area contributed by atoms with E-state index >= 15 is 0 Å². The quantitative estimate of drug-likeness (QED) is 0.785. The lowest BCUT2D eigenvalue weighted by molar-refractivity contribution is 0.0953. The van der Waals surface area contributed by atoms with E-state index < -0.39 is 0 Å². The average Bonchev–Trinajstić information content (AvgIpc) is 2.99. The Labute approximate surface area is 124 Å². The van der Waals surface area contributed by atoms with Crippen molar-refractivity contribution in [1.82, 2.24) is 14.7 Å². The number of aromatic nitrogens is 2. The summed E-state index contributed by atoms with van der Waals surface area (Å²) in [6.07, 6.45) is 3.93. The molecule has 0 aromatic carbocycles. The molecule has 3 rings (SSSR count). The topological polar surface area (TPSA) is 92.9 Å². The molecule has 1 aliphatic rings. The highest BCUT2D eigenvalue weighted by Crippen LogP contribution is 2.29. The molecule has 4 N–H and O–H groups in total. The van der Waals surface area contributed by atoms with Crippen LogP contribution < -0.4 is 16.4 Å². The summed E-state index contributed by atoms with van der Waals surface area (Å²) in [7, 11) is 0. The Morgan fingerprint density at radius 1 is 1.55 bits per heavy atom. The molecule has 8 heteroatoms. The zero-order valence-corrected chi connectivity index (χ0v) is 12.6. The van der Waals surface area contributed by atoms with Crippen LogP contribution in [0.1, 0.15) is 33.1 Å². The minimum Gasteiger partial charge on any atom is -0.382 e. The van der Waals surface area contributed by atoms with E-state index in [1.54, 1.807) is 11.3 Å². The molecule has 0 spiro atoms. The van der Waals surface area contributed by atoms with Gasteiger partial charge in [-0.3, -0.25) is 4.79 Å². The first-order valence-corrected chi connectivity index (χ1v) is 7.93. The number of anilines is 2. The molecule has 2 aromatic heterocycles. The summed E-state index contributed by atoms with van der Waals surface area (Å²) in [6, 6.07) is 0.304. The fraction of sp³-hybridized carbons (Fsp3) is 0.417. The van der Waals surface area contributed by atoms with Crippen LogP contribution in [-0.4, -0.2) is 21.3 Å². The first-order chi connectivity index (χ1) is 9.63. The molecule has 1 fully saturated rings. The SMILES string of the molecule is Cc1ncc(CNc2snc(N)c2C(=O)NC2CC2)s1. The van der Waals surface area contributed by atoms with Crippen molar-refractivity contribution in [2.75, 3.05) is 11.1 Å². The normalized spacial score (nSPS) is 14.2. The molecular weight excluding hydrogens is 294 g/mol. The Morgan fingerprint density at radius 3 is 3.00 bits per heavy atom. The van der Waals surface area contributed by atoms with Gasteiger partial charge in [-0.25, -0.2) is 4.98 Å². The van der Waals surface area contributed by atoms with Gasteiger partial charge < -0.3 is 16.4 Å². The predicted molar refractivity (Wildman–Crippen MR) is 81.2 cm³/mol. The van der Waals surface area contributed by atoms with Gasteiger partial charge >= 0.3 is 0 Å². The molecule has 0 aliphatic heterocycles. The molecule has 1 amide bonds. The monoisotopic (exact) mass is 309 g/mol. The van der Waals surface area contributed by atoms with Crippen LogP contribution in [0, 0.1) is 6.92 Å². The summed E-state index contributed by atoms with van der Waals surface area (Å²) >= 11 is 2.84. The molecule has 0 atom stereocenters. The molecule has 0 saturated heterocycles. The minimum atomic E-state index is -0.137. The smallest absolute Gasteiger partial charge is 0.258 e. The summed E-state index contributed by atoms with van der Waals surface area (Å²) in [5, 5.41) is 7.90. The molecule has 0 bridgehead atoms. The number of nitrogens with two attached hydrogens (primary N) is 1. The Morgan fingerprint density at radius 2 is 2.35 bits per heavy atom. The molecule has 20 heavy (non-hydrogen) atoms. The second-order valence-corrected chi connectivity index (χ2v) is 6.81. The summed E-state index contributed by atoms with van der Waals surface area (Å²) in [5.74, 6) is 0.151. The molecule has 106 valence electrons. The van der Waals surface area contributed by atoms with Crippen molar-refractivity contribution in [3.63, 3.8) is 0 Å². The van der Waals surface area contributed by atoms with E-state index in [0.717, 1.165) is 22.7 Å². The second kappa shape index (κ2) is 5.37. The number of amides is 1. The number of nitrogen functional groups attached to an aromatic ring is 1. The van der Waals surface area contributed by atoms with Crippen LogP contribution in [0.25, 0.3) is 0 Å². The van der Waals surface area contributed by atoms with E-state index in [4.69, 9.17) is 5.73 Å². The number of nitrogens with zero attached hydrogens (tertiary/aromatic N) is 2. The Bertz CT molecular complexity index is 632. The number of nitrogens with one attached hydrogen (secondary N) is 2. The number of aryl methyl sites for hydroxylation is 1. The van der Waals surface area contributed by atoms with Crippen molar-refractivity contribution in [2.45, 2.75) is 32.4 Å². The molecule has 1 saturated carbocycles. The van der Waals surface area contributed by atoms with E-state index in [9.17, 15) is 4.79 Å². The van der Waals surface area contributed by atoms with Gasteiger partial charge in [0.05, 0.1) is 11.6 Å². The summed E-state index contributed by atoms with van der Waals surface area (Å²) in [5.41, 5.74) is 6.26. The first-order valence-electron chi connectivity index (χ1n) is 6.34. The van der Waals surface area contributed by atoms with Crippen molar-refractivity contribution < 1.29 is 4.79 Å². The molecular formula is C12H15N5OS2. The molecule has 0 radical (unpaired) electrons. The van der Waals surface area contributed by atoms with E-state index in [2.05, 4.69) is 20.0 Å². The third-order valence-corrected chi connectivity index (χ3v) is 4.68. The van der Waals surface area contributed by atoms with Crippen molar-refractivity contribution >= 4 is 39.6 Å². The number of thiazole rings is 1. The number of hydrogen-bond donors (Lipinski definition) is 3. The summed E-state index contributed by atoms with van der Waals surface area (Å²) < 4.78 is 4.07. The van der Waals surface area contributed by atoms with Crippen LogP contribution in [0.3, 0.4) is 0 Å². The maximum Gasteiger partial charge on any atom is 0.258 e. The van der Waals surface area contributed by atoms with E-state index in [1.165, 1.54) is 11.5 Å². The lowest BCUT2D eigenvalue weighted by Crippen LogP contribution is -2.26. The van der Waals surface area contributed by atoms with Crippen LogP contribution in [0.2, 0.25) is 0 Å². The standard InChI is InChI=1S/C12H15N5OS2/c1-6-14-4-8(19-6)5-15-12-9(10(13)17-20-12)11(18)16-7-2-3-7/h4,7,15H,2-3,5H2,1H3,(H2,13,17)(H,16,18). The van der Waals surface area contributed by atoms with Crippen LogP contribution in [0.4, 0.5) is 10.8 Å². The van der Waals surface area contributed by atoms with E-state index in [0.29, 0.717) is 23.2 Å². The number of hydrogen-bond acceptors (Lipinski definition) is 7. The van der Waals surface area contributed by atoms with Crippen LogP contribution in [-0.2, 0) is 6.54 Å². The van der Waals surface area contributed by atoms with E-state index in [1.807, 2.05) is 13.1 Å². The van der Waals surface area contributed by atoms with Crippen molar-refractivity contribution in [3.8, 4) is 0 Å². The van der Waals surface area contributed by atoms with Crippen LogP contribution in [0.5, 0.6) is 0 Å². The lowest BCUT2D eigenvalue weighted by atomic mass is 10.3. The highest BCUT2D eigenvalue weighted by Gasteiger charge is 2.27. The second-order valence-electron chi connectivity index (χ2n) is 4.72. The maximum absolute atomic E-state index is 12.1. The molecule has 1 aliphatic carbocycles. The molecule has 6 nitrogen and oxygen atoms in total. The van der Waals surface area contributed by atoms with Gasteiger partial charge in [-0.15, -0.1) is 11.3 Å². The third-order valence-electron chi connectivity index (χ3n) is 2.95. The fourth-order valence-electron chi connectivity index (χ4n) is 1.78. The van der Waals surface area contributed by atoms with Crippen LogP contribution >= 0.6 is 22.9 Å². The van der Waals surface area contributed by atoms with Gasteiger partial charge in [0, 0.05) is 17.1 Å². The lowest BCUT2D eigenvalue weighted by Gasteiger charge is -2.06. The molecule has 2 aromatic rings. The maximum atomic E-state index is 12.1.